The van der Waals surface area contributed by atoms with Crippen molar-refractivity contribution in [2.75, 3.05) is 0 Å². The average molecular weight is 357 g/mol. The molecule has 27 heavy (non-hydrogen) atoms. The number of aromatic nitrogens is 2. The van der Waals surface area contributed by atoms with Gasteiger partial charge < -0.3 is 4.90 Å². The monoisotopic (exact) mass is 357 g/mol. The van der Waals surface area contributed by atoms with Gasteiger partial charge in [0.2, 0.25) is 5.91 Å². The number of hydrogen-bond acceptors (Lipinski definition) is 3. The number of aryl methyl sites for hydroxylation is 1. The zero-order chi connectivity index (χ0) is 18.5. The summed E-state index contributed by atoms with van der Waals surface area (Å²) >= 11 is 0. The molecule has 1 aromatic carbocycles. The van der Waals surface area contributed by atoms with E-state index in [9.17, 15) is 4.79 Å². The highest BCUT2D eigenvalue weighted by Crippen LogP contribution is 2.35. The third kappa shape index (κ3) is 4.22. The lowest BCUT2D eigenvalue weighted by molar-refractivity contribution is -0.132. The number of fused-ring (bicyclic) bond motifs is 1. The predicted octanol–water partition coefficient (Wildman–Crippen LogP) is 4.13. The van der Waals surface area contributed by atoms with Crippen molar-refractivity contribution in [2.24, 2.45) is 0 Å². The topological polar surface area (TPSA) is 46.1 Å². The summed E-state index contributed by atoms with van der Waals surface area (Å²) < 4.78 is 0. The van der Waals surface area contributed by atoms with Gasteiger partial charge in [0, 0.05) is 44.3 Å². The van der Waals surface area contributed by atoms with Crippen LogP contribution in [0.2, 0.25) is 0 Å². The molecule has 0 bridgehead atoms. The molecule has 0 spiro atoms. The van der Waals surface area contributed by atoms with E-state index in [-0.39, 0.29) is 5.91 Å². The Hall–Kier alpha value is -3.01. The minimum absolute atomic E-state index is 0.199. The summed E-state index contributed by atoms with van der Waals surface area (Å²) in [5.74, 6) is 0.524. The molecule has 0 N–H and O–H groups in total. The van der Waals surface area contributed by atoms with Gasteiger partial charge in [0.15, 0.2) is 0 Å². The Morgan fingerprint density at radius 2 is 1.48 bits per heavy atom. The number of pyridine rings is 2. The van der Waals surface area contributed by atoms with Gasteiger partial charge in [-0.15, -0.1) is 0 Å². The maximum Gasteiger partial charge on any atom is 0.223 e. The molecule has 1 amide bonds. The normalized spacial score (nSPS) is 15.3. The third-order valence-electron chi connectivity index (χ3n) is 5.28. The van der Waals surface area contributed by atoms with Gasteiger partial charge in [0.25, 0.3) is 0 Å². The molecule has 3 aromatic rings. The summed E-state index contributed by atoms with van der Waals surface area (Å²) in [6.07, 6.45) is 9.80. The quantitative estimate of drug-likeness (QED) is 0.666. The zero-order valence-electron chi connectivity index (χ0n) is 15.3. The van der Waals surface area contributed by atoms with Crippen LogP contribution in [-0.4, -0.2) is 20.8 Å². The number of benzene rings is 1. The first kappa shape index (κ1) is 17.4. The van der Waals surface area contributed by atoms with Crippen molar-refractivity contribution in [3.8, 4) is 0 Å². The number of amides is 1. The second kappa shape index (κ2) is 8.12. The molecule has 2 heterocycles. The fraction of sp³-hybridized carbons (Fsp3) is 0.261. The SMILES string of the molecule is O=C(C[C@H]1CCc2ccccc21)N(Cc1ccncc1)Cc1ccncc1. The summed E-state index contributed by atoms with van der Waals surface area (Å²) in [5.41, 5.74) is 4.93. The molecule has 0 saturated carbocycles. The molecule has 2 aromatic heterocycles. The Labute approximate surface area is 159 Å². The fourth-order valence-corrected chi connectivity index (χ4v) is 3.85. The van der Waals surface area contributed by atoms with Crippen LogP contribution in [0.3, 0.4) is 0 Å². The highest BCUT2D eigenvalue weighted by Gasteiger charge is 2.26. The van der Waals surface area contributed by atoms with E-state index >= 15 is 0 Å². The molecule has 1 atom stereocenters. The van der Waals surface area contributed by atoms with Crippen molar-refractivity contribution >= 4 is 5.91 Å². The second-order valence-corrected chi connectivity index (χ2v) is 7.10. The van der Waals surface area contributed by atoms with E-state index in [1.54, 1.807) is 24.8 Å². The van der Waals surface area contributed by atoms with Crippen molar-refractivity contribution in [3.05, 3.63) is 95.6 Å². The molecule has 0 saturated heterocycles. The molecule has 1 aliphatic carbocycles. The number of carbonyl (C=O) groups excluding carboxylic acids is 1. The second-order valence-electron chi connectivity index (χ2n) is 7.10. The summed E-state index contributed by atoms with van der Waals surface area (Å²) in [5, 5.41) is 0. The van der Waals surface area contributed by atoms with Crippen LogP contribution in [0.15, 0.2) is 73.3 Å². The van der Waals surface area contributed by atoms with Crippen LogP contribution < -0.4 is 0 Å². The maximum absolute atomic E-state index is 13.2. The molecule has 4 heteroatoms. The van der Waals surface area contributed by atoms with E-state index < -0.39 is 0 Å². The number of nitrogens with zero attached hydrogens (tertiary/aromatic N) is 3. The van der Waals surface area contributed by atoms with Crippen LogP contribution >= 0.6 is 0 Å². The van der Waals surface area contributed by atoms with E-state index in [0.717, 1.165) is 24.0 Å². The minimum Gasteiger partial charge on any atom is -0.334 e. The summed E-state index contributed by atoms with van der Waals surface area (Å²) in [7, 11) is 0. The summed E-state index contributed by atoms with van der Waals surface area (Å²) in [6, 6.07) is 16.4. The fourth-order valence-electron chi connectivity index (χ4n) is 3.85. The molecule has 0 aliphatic heterocycles. The van der Waals surface area contributed by atoms with E-state index in [0.29, 0.717) is 25.4 Å². The van der Waals surface area contributed by atoms with E-state index in [1.807, 2.05) is 29.2 Å². The summed E-state index contributed by atoms with van der Waals surface area (Å²) in [6.45, 7) is 1.19. The first-order chi connectivity index (χ1) is 13.3. The van der Waals surface area contributed by atoms with E-state index in [2.05, 4.69) is 34.2 Å². The van der Waals surface area contributed by atoms with Crippen LogP contribution in [0.1, 0.15) is 41.0 Å². The van der Waals surface area contributed by atoms with Gasteiger partial charge in [0.05, 0.1) is 0 Å². The van der Waals surface area contributed by atoms with Crippen molar-refractivity contribution in [1.82, 2.24) is 14.9 Å². The number of carbonyl (C=O) groups is 1. The molecular formula is C23H23N3O. The van der Waals surface area contributed by atoms with Gasteiger partial charge in [0.1, 0.15) is 0 Å². The van der Waals surface area contributed by atoms with Crippen LogP contribution in [-0.2, 0) is 24.3 Å². The zero-order valence-corrected chi connectivity index (χ0v) is 15.3. The number of rotatable bonds is 6. The van der Waals surface area contributed by atoms with Crippen LogP contribution in [0.4, 0.5) is 0 Å². The molecular weight excluding hydrogens is 334 g/mol. The first-order valence-corrected chi connectivity index (χ1v) is 9.43. The van der Waals surface area contributed by atoms with Crippen LogP contribution in [0.5, 0.6) is 0 Å². The molecule has 0 unspecified atom stereocenters. The molecule has 0 fully saturated rings. The third-order valence-corrected chi connectivity index (χ3v) is 5.28. The van der Waals surface area contributed by atoms with Crippen LogP contribution in [0, 0.1) is 0 Å². The highest BCUT2D eigenvalue weighted by molar-refractivity contribution is 5.77. The smallest absolute Gasteiger partial charge is 0.223 e. The van der Waals surface area contributed by atoms with E-state index in [1.165, 1.54) is 11.1 Å². The van der Waals surface area contributed by atoms with Gasteiger partial charge in [-0.2, -0.15) is 0 Å². The van der Waals surface area contributed by atoms with Crippen molar-refractivity contribution in [2.45, 2.75) is 38.3 Å². The first-order valence-electron chi connectivity index (χ1n) is 9.43. The van der Waals surface area contributed by atoms with Crippen LogP contribution in [0.25, 0.3) is 0 Å². The van der Waals surface area contributed by atoms with Crippen molar-refractivity contribution in [3.63, 3.8) is 0 Å². The van der Waals surface area contributed by atoms with Gasteiger partial charge >= 0.3 is 0 Å². The molecule has 4 rings (SSSR count). The average Bonchev–Trinajstić information content (AvgIpc) is 3.12. The van der Waals surface area contributed by atoms with Crippen molar-refractivity contribution in [1.29, 1.82) is 0 Å². The van der Waals surface area contributed by atoms with Crippen molar-refractivity contribution < 1.29 is 4.79 Å². The standard InChI is InChI=1S/C23H23N3O/c27-23(15-21-6-5-20-3-1-2-4-22(20)21)26(16-18-7-11-24-12-8-18)17-19-9-13-25-14-10-19/h1-4,7-14,21H,5-6,15-17H2/t21-/m1/s1. The predicted molar refractivity (Wildman–Crippen MR) is 105 cm³/mol. The number of hydrogen-bond donors (Lipinski definition) is 0. The molecule has 0 radical (unpaired) electrons. The lowest BCUT2D eigenvalue weighted by Crippen LogP contribution is -2.31. The minimum atomic E-state index is 0.199. The van der Waals surface area contributed by atoms with E-state index in [4.69, 9.17) is 0 Å². The Kier molecular flexibility index (Phi) is 5.24. The molecule has 1 aliphatic rings. The highest BCUT2D eigenvalue weighted by atomic mass is 16.2. The maximum atomic E-state index is 13.2. The molecule has 136 valence electrons. The largest absolute Gasteiger partial charge is 0.334 e. The van der Waals surface area contributed by atoms with Gasteiger partial charge in [-0.1, -0.05) is 24.3 Å². The Balaban J connectivity index is 1.51. The molecule has 4 nitrogen and oxygen atoms in total. The lowest BCUT2D eigenvalue weighted by atomic mass is 9.97. The lowest BCUT2D eigenvalue weighted by Gasteiger charge is -2.25. The van der Waals surface area contributed by atoms with Gasteiger partial charge in [-0.05, 0) is 65.3 Å². The Morgan fingerprint density at radius 1 is 0.889 bits per heavy atom. The van der Waals surface area contributed by atoms with Gasteiger partial charge in [-0.3, -0.25) is 14.8 Å². The summed E-state index contributed by atoms with van der Waals surface area (Å²) in [4.78, 5) is 23.3. The Morgan fingerprint density at radius 3 is 2.11 bits per heavy atom. The Bertz CT molecular complexity index is 854. The van der Waals surface area contributed by atoms with Gasteiger partial charge in [-0.25, -0.2) is 0 Å².